The van der Waals surface area contributed by atoms with E-state index in [2.05, 4.69) is 42.6 Å². The van der Waals surface area contributed by atoms with Crippen LogP contribution in [0.3, 0.4) is 0 Å². The molecule has 0 fully saturated rings. The van der Waals surface area contributed by atoms with Gasteiger partial charge < -0.3 is 9.88 Å². The lowest BCUT2D eigenvalue weighted by atomic mass is 10.3. The molecule has 3 nitrogen and oxygen atoms in total. The van der Waals surface area contributed by atoms with E-state index < -0.39 is 0 Å². The van der Waals surface area contributed by atoms with Crippen molar-refractivity contribution in [3.8, 4) is 0 Å². The molecule has 0 radical (unpaired) electrons. The molecule has 1 heterocycles. The van der Waals surface area contributed by atoms with E-state index in [1.54, 1.807) is 0 Å². The zero-order chi connectivity index (χ0) is 9.84. The van der Waals surface area contributed by atoms with Gasteiger partial charge in [0.15, 0.2) is 0 Å². The minimum absolute atomic E-state index is 0.496. The van der Waals surface area contributed by atoms with Gasteiger partial charge in [0, 0.05) is 17.9 Å². The number of hydrogen-bond acceptors (Lipinski definition) is 2. The second-order valence-corrected chi connectivity index (χ2v) is 3.56. The van der Waals surface area contributed by atoms with E-state index in [0.717, 1.165) is 18.9 Å². The summed E-state index contributed by atoms with van der Waals surface area (Å²) in [6.45, 7) is 10.4. The topological polar surface area (TPSA) is 29.9 Å². The average molecular weight is 181 g/mol. The first-order valence-corrected chi connectivity index (χ1v) is 4.90. The largest absolute Gasteiger partial charge is 0.329 e. The van der Waals surface area contributed by atoms with Crippen LogP contribution in [0.2, 0.25) is 0 Å². The van der Waals surface area contributed by atoms with Crippen molar-refractivity contribution in [2.24, 2.45) is 0 Å². The van der Waals surface area contributed by atoms with Gasteiger partial charge in [-0.2, -0.15) is 0 Å². The highest BCUT2D eigenvalue weighted by Gasteiger charge is 2.08. The highest BCUT2D eigenvalue weighted by molar-refractivity contribution is 5.04. The zero-order valence-corrected chi connectivity index (χ0v) is 8.96. The minimum Gasteiger partial charge on any atom is -0.329 e. The van der Waals surface area contributed by atoms with Crippen molar-refractivity contribution in [2.45, 2.75) is 40.3 Å². The molecule has 1 N–H and O–H groups in total. The Morgan fingerprint density at radius 3 is 2.77 bits per heavy atom. The molecular weight excluding hydrogens is 162 g/mol. The van der Waals surface area contributed by atoms with Crippen LogP contribution in [0.5, 0.6) is 0 Å². The molecule has 3 heteroatoms. The third-order valence-corrected chi connectivity index (χ3v) is 2.11. The Bertz CT molecular complexity index is 263. The Kier molecular flexibility index (Phi) is 3.48. The van der Waals surface area contributed by atoms with E-state index >= 15 is 0 Å². The van der Waals surface area contributed by atoms with Gasteiger partial charge in [-0.3, -0.25) is 0 Å². The highest BCUT2D eigenvalue weighted by atomic mass is 15.1. The van der Waals surface area contributed by atoms with Crippen LogP contribution in [0.15, 0.2) is 6.20 Å². The van der Waals surface area contributed by atoms with Crippen molar-refractivity contribution in [2.75, 3.05) is 6.54 Å². The summed E-state index contributed by atoms with van der Waals surface area (Å²) in [6, 6.07) is 0.496. The van der Waals surface area contributed by atoms with E-state index in [9.17, 15) is 0 Å². The maximum atomic E-state index is 4.37. The first-order chi connectivity index (χ1) is 6.16. The molecule has 0 atom stereocenters. The molecular formula is C10H19N3. The Labute approximate surface area is 80.2 Å². The van der Waals surface area contributed by atoms with Gasteiger partial charge in [0.25, 0.3) is 0 Å². The Balaban J connectivity index is 2.81. The molecule has 0 aliphatic carbocycles. The van der Waals surface area contributed by atoms with E-state index in [1.807, 2.05) is 6.20 Å². The third-order valence-electron chi connectivity index (χ3n) is 2.11. The maximum Gasteiger partial charge on any atom is 0.123 e. The fourth-order valence-corrected chi connectivity index (χ4v) is 1.57. The first kappa shape index (κ1) is 10.3. The van der Waals surface area contributed by atoms with Gasteiger partial charge in [0.1, 0.15) is 5.82 Å². The minimum atomic E-state index is 0.496. The van der Waals surface area contributed by atoms with Crippen LogP contribution in [0.4, 0.5) is 0 Å². The van der Waals surface area contributed by atoms with Crippen molar-refractivity contribution in [1.82, 2.24) is 14.9 Å². The van der Waals surface area contributed by atoms with Gasteiger partial charge in [0.2, 0.25) is 0 Å². The zero-order valence-electron chi connectivity index (χ0n) is 8.96. The van der Waals surface area contributed by atoms with Crippen molar-refractivity contribution < 1.29 is 0 Å². The van der Waals surface area contributed by atoms with E-state index in [-0.39, 0.29) is 0 Å². The molecule has 0 aliphatic heterocycles. The quantitative estimate of drug-likeness (QED) is 0.768. The highest BCUT2D eigenvalue weighted by Crippen LogP contribution is 2.12. The van der Waals surface area contributed by atoms with Crippen LogP contribution in [0.1, 0.15) is 38.3 Å². The van der Waals surface area contributed by atoms with Gasteiger partial charge in [-0.25, -0.2) is 4.98 Å². The molecule has 0 unspecified atom stereocenters. The van der Waals surface area contributed by atoms with E-state index in [4.69, 9.17) is 0 Å². The van der Waals surface area contributed by atoms with Gasteiger partial charge in [-0.1, -0.05) is 6.92 Å². The van der Waals surface area contributed by atoms with E-state index in [0.29, 0.717) is 6.04 Å². The molecule has 1 aromatic heterocycles. The first-order valence-electron chi connectivity index (χ1n) is 4.90. The number of aryl methyl sites for hydroxylation is 1. The second kappa shape index (κ2) is 4.42. The molecule has 0 saturated carbocycles. The Morgan fingerprint density at radius 1 is 1.54 bits per heavy atom. The molecule has 13 heavy (non-hydrogen) atoms. The van der Waals surface area contributed by atoms with Crippen LogP contribution < -0.4 is 5.32 Å². The summed E-state index contributed by atoms with van der Waals surface area (Å²) in [5.74, 6) is 1.13. The summed E-state index contributed by atoms with van der Waals surface area (Å²) in [5.41, 5.74) is 1.24. The summed E-state index contributed by atoms with van der Waals surface area (Å²) in [5, 5.41) is 3.29. The standard InChI is InChI=1S/C10H19N3/c1-5-11-7-10-12-6-9(4)13(10)8(2)3/h6,8,11H,5,7H2,1-4H3. The van der Waals surface area contributed by atoms with Gasteiger partial charge in [-0.05, 0) is 27.3 Å². The van der Waals surface area contributed by atoms with Crippen molar-refractivity contribution in [3.05, 3.63) is 17.7 Å². The molecule has 0 saturated heterocycles. The van der Waals surface area contributed by atoms with Crippen molar-refractivity contribution in [3.63, 3.8) is 0 Å². The smallest absolute Gasteiger partial charge is 0.123 e. The van der Waals surface area contributed by atoms with Crippen LogP contribution in [-0.4, -0.2) is 16.1 Å². The normalized spacial score (nSPS) is 11.2. The molecule has 74 valence electrons. The molecule has 0 bridgehead atoms. The number of nitrogens with one attached hydrogen (secondary N) is 1. The van der Waals surface area contributed by atoms with Crippen LogP contribution in [0, 0.1) is 6.92 Å². The monoisotopic (exact) mass is 181 g/mol. The van der Waals surface area contributed by atoms with Crippen molar-refractivity contribution in [1.29, 1.82) is 0 Å². The fraction of sp³-hybridized carbons (Fsp3) is 0.700. The number of imidazole rings is 1. The summed E-state index contributed by atoms with van der Waals surface area (Å²) in [7, 11) is 0. The second-order valence-electron chi connectivity index (χ2n) is 3.56. The lowest BCUT2D eigenvalue weighted by molar-refractivity contribution is 0.536. The number of rotatable bonds is 4. The summed E-state index contributed by atoms with van der Waals surface area (Å²) in [4.78, 5) is 4.37. The van der Waals surface area contributed by atoms with Crippen molar-refractivity contribution >= 4 is 0 Å². The van der Waals surface area contributed by atoms with Gasteiger partial charge >= 0.3 is 0 Å². The Morgan fingerprint density at radius 2 is 2.23 bits per heavy atom. The van der Waals surface area contributed by atoms with Gasteiger partial charge in [-0.15, -0.1) is 0 Å². The molecule has 0 aromatic carbocycles. The molecule has 1 aromatic rings. The predicted octanol–water partition coefficient (Wildman–Crippen LogP) is 1.88. The summed E-state index contributed by atoms with van der Waals surface area (Å²) in [6.07, 6.45) is 1.94. The summed E-state index contributed by atoms with van der Waals surface area (Å²) >= 11 is 0. The average Bonchev–Trinajstić information content (AvgIpc) is 2.43. The fourth-order valence-electron chi connectivity index (χ4n) is 1.57. The molecule has 1 rings (SSSR count). The van der Waals surface area contributed by atoms with Gasteiger partial charge in [0.05, 0.1) is 6.54 Å². The van der Waals surface area contributed by atoms with Crippen LogP contribution >= 0.6 is 0 Å². The van der Waals surface area contributed by atoms with E-state index in [1.165, 1.54) is 5.69 Å². The number of hydrogen-bond donors (Lipinski definition) is 1. The lowest BCUT2D eigenvalue weighted by Gasteiger charge is -2.13. The Hall–Kier alpha value is -0.830. The lowest BCUT2D eigenvalue weighted by Crippen LogP contribution is -2.17. The number of nitrogens with zero attached hydrogens (tertiary/aromatic N) is 2. The summed E-state index contributed by atoms with van der Waals surface area (Å²) < 4.78 is 2.27. The van der Waals surface area contributed by atoms with Crippen LogP contribution in [-0.2, 0) is 6.54 Å². The molecule has 0 amide bonds. The molecule has 0 aliphatic rings. The van der Waals surface area contributed by atoms with Crippen LogP contribution in [0.25, 0.3) is 0 Å². The predicted molar refractivity (Wildman–Crippen MR) is 54.7 cm³/mol. The number of aromatic nitrogens is 2. The molecule has 0 spiro atoms. The third kappa shape index (κ3) is 2.31. The maximum absolute atomic E-state index is 4.37. The SMILES string of the molecule is CCNCc1ncc(C)n1C(C)C.